The van der Waals surface area contributed by atoms with Crippen molar-refractivity contribution in [1.82, 2.24) is 4.90 Å². The van der Waals surface area contributed by atoms with Gasteiger partial charge in [-0.1, -0.05) is 30.3 Å². The topological polar surface area (TPSA) is 62.3 Å². The molecule has 1 N–H and O–H groups in total. The van der Waals surface area contributed by atoms with Crippen LogP contribution >= 0.6 is 0 Å². The molecule has 4 rings (SSSR count). The van der Waals surface area contributed by atoms with Gasteiger partial charge in [-0.25, -0.2) is 0 Å². The Balaban J connectivity index is 1.42. The molecule has 0 aliphatic carbocycles. The fourth-order valence-electron chi connectivity index (χ4n) is 4.04. The van der Waals surface area contributed by atoms with Crippen LogP contribution in [0.4, 0.5) is 0 Å². The molecule has 5 nitrogen and oxygen atoms in total. The molecule has 3 aliphatic rings. The van der Waals surface area contributed by atoms with Crippen LogP contribution in [0.1, 0.15) is 24.3 Å². The fourth-order valence-corrected chi connectivity index (χ4v) is 4.04. The Bertz CT molecular complexity index is 545. The highest BCUT2D eigenvalue weighted by molar-refractivity contribution is 5.78. The van der Waals surface area contributed by atoms with Crippen LogP contribution in [0.2, 0.25) is 0 Å². The number of hydrogen-bond donors (Lipinski definition) is 1. The molecule has 1 aromatic carbocycles. The number of nitrogens with zero attached hydrogens (tertiary/aromatic N) is 1. The van der Waals surface area contributed by atoms with Crippen LogP contribution in [0.25, 0.3) is 0 Å². The zero-order valence-corrected chi connectivity index (χ0v) is 12.6. The quantitative estimate of drug-likeness (QED) is 0.662. The second-order valence-corrected chi connectivity index (χ2v) is 6.54. The number of esters is 1. The van der Waals surface area contributed by atoms with Crippen molar-refractivity contribution < 1.29 is 19.4 Å². The molecule has 0 saturated carbocycles. The first kappa shape index (κ1) is 14.2. The number of piperidine rings is 1. The summed E-state index contributed by atoms with van der Waals surface area (Å²) in [7, 11) is 2.13. The van der Waals surface area contributed by atoms with Gasteiger partial charge in [0.15, 0.2) is 0 Å². The number of aliphatic hydroxyl groups is 1. The maximum absolute atomic E-state index is 12.4. The molecule has 6 atom stereocenters. The third-order valence-electron chi connectivity index (χ3n) is 5.33. The monoisotopic (exact) mass is 303 g/mol. The summed E-state index contributed by atoms with van der Waals surface area (Å²) in [5.74, 6) is -0.915. The predicted octanol–water partition coefficient (Wildman–Crippen LogP) is 0.918. The zero-order chi connectivity index (χ0) is 15.3. The minimum Gasteiger partial charge on any atom is -0.462 e. The van der Waals surface area contributed by atoms with Gasteiger partial charge in [-0.05, 0) is 12.6 Å². The predicted molar refractivity (Wildman–Crippen MR) is 79.4 cm³/mol. The second-order valence-electron chi connectivity index (χ2n) is 6.54. The molecule has 0 radical (unpaired) electrons. The standard InChI is InChI=1S/C17H21NO4/c1-18-13-7-11(8-14(18)16-15(13)22-16)21-17(20)12(9-19)10-5-3-2-4-6-10/h2-6,11-16,19H,7-9H2,1H3/t11?,12?,13-,14+,15?,16?. The number of benzene rings is 1. The van der Waals surface area contributed by atoms with Gasteiger partial charge < -0.3 is 14.6 Å². The first-order valence-corrected chi connectivity index (χ1v) is 7.92. The maximum atomic E-state index is 12.4. The minimum absolute atomic E-state index is 0.0622. The number of ether oxygens (including phenoxy) is 2. The van der Waals surface area contributed by atoms with E-state index < -0.39 is 5.92 Å². The zero-order valence-electron chi connectivity index (χ0n) is 12.6. The molecule has 3 saturated heterocycles. The SMILES string of the molecule is CN1[C@@H]2CC(OC(=O)C(CO)c3ccccc3)C[C@H]1C1OC12. The van der Waals surface area contributed by atoms with Crippen LogP contribution in [-0.2, 0) is 14.3 Å². The highest BCUT2D eigenvalue weighted by atomic mass is 16.6. The van der Waals surface area contributed by atoms with Crippen LogP contribution in [0, 0.1) is 0 Å². The van der Waals surface area contributed by atoms with E-state index >= 15 is 0 Å². The van der Waals surface area contributed by atoms with Crippen molar-refractivity contribution >= 4 is 5.97 Å². The van der Waals surface area contributed by atoms with Crippen molar-refractivity contribution in [2.24, 2.45) is 0 Å². The molecule has 4 unspecified atom stereocenters. The van der Waals surface area contributed by atoms with Crippen molar-refractivity contribution in [2.45, 2.75) is 49.2 Å². The number of likely N-dealkylation sites (N-methyl/N-ethyl adjacent to an activating group) is 1. The number of hydrogen-bond acceptors (Lipinski definition) is 5. The normalized spacial score (nSPS) is 37.5. The van der Waals surface area contributed by atoms with Gasteiger partial charge >= 0.3 is 5.97 Å². The molecule has 118 valence electrons. The van der Waals surface area contributed by atoms with Gasteiger partial charge in [0, 0.05) is 24.9 Å². The fraction of sp³-hybridized carbons (Fsp3) is 0.588. The Hall–Kier alpha value is -1.43. The summed E-state index contributed by atoms with van der Waals surface area (Å²) in [5.41, 5.74) is 0.803. The molecule has 0 aromatic heterocycles. The number of epoxide rings is 1. The van der Waals surface area contributed by atoms with Crippen molar-refractivity contribution in [1.29, 1.82) is 0 Å². The van der Waals surface area contributed by atoms with Crippen LogP contribution in [0.3, 0.4) is 0 Å². The third kappa shape index (κ3) is 2.24. The third-order valence-corrected chi connectivity index (χ3v) is 5.33. The number of rotatable bonds is 4. The van der Waals surface area contributed by atoms with Gasteiger partial charge in [-0.15, -0.1) is 0 Å². The van der Waals surface area contributed by atoms with Crippen molar-refractivity contribution in [3.05, 3.63) is 35.9 Å². The average molecular weight is 303 g/mol. The van der Waals surface area contributed by atoms with E-state index in [0.717, 1.165) is 18.4 Å². The van der Waals surface area contributed by atoms with E-state index in [1.165, 1.54) is 0 Å². The molecule has 3 aliphatic heterocycles. The van der Waals surface area contributed by atoms with E-state index in [-0.39, 0.29) is 18.7 Å². The van der Waals surface area contributed by atoms with Gasteiger partial charge in [0.1, 0.15) is 24.2 Å². The number of carbonyl (C=O) groups excluding carboxylic acids is 1. The summed E-state index contributed by atoms with van der Waals surface area (Å²) in [4.78, 5) is 14.8. The number of carbonyl (C=O) groups is 1. The molecule has 5 heteroatoms. The van der Waals surface area contributed by atoms with E-state index in [2.05, 4.69) is 11.9 Å². The van der Waals surface area contributed by atoms with Crippen LogP contribution in [0.15, 0.2) is 30.3 Å². The summed E-state index contributed by atoms with van der Waals surface area (Å²) < 4.78 is 11.4. The molecule has 1 aromatic rings. The summed E-state index contributed by atoms with van der Waals surface area (Å²) in [6.45, 7) is -0.226. The van der Waals surface area contributed by atoms with Gasteiger partial charge in [0.05, 0.1) is 6.61 Å². The van der Waals surface area contributed by atoms with E-state index in [0.29, 0.717) is 24.3 Å². The lowest BCUT2D eigenvalue weighted by Crippen LogP contribution is -2.48. The molecule has 3 fully saturated rings. The first-order valence-electron chi connectivity index (χ1n) is 7.92. The molecule has 3 heterocycles. The smallest absolute Gasteiger partial charge is 0.316 e. The average Bonchev–Trinajstić information content (AvgIpc) is 3.27. The Kier molecular flexibility index (Phi) is 3.44. The molecule has 0 amide bonds. The van der Waals surface area contributed by atoms with Crippen LogP contribution < -0.4 is 0 Å². The van der Waals surface area contributed by atoms with Crippen molar-refractivity contribution in [2.75, 3.05) is 13.7 Å². The van der Waals surface area contributed by atoms with Gasteiger partial charge in [0.25, 0.3) is 0 Å². The number of fused-ring (bicyclic) bond motifs is 5. The van der Waals surface area contributed by atoms with Gasteiger partial charge in [0.2, 0.25) is 0 Å². The lowest BCUT2D eigenvalue weighted by molar-refractivity contribution is -0.156. The van der Waals surface area contributed by atoms with Crippen molar-refractivity contribution in [3.8, 4) is 0 Å². The van der Waals surface area contributed by atoms with E-state index in [1.807, 2.05) is 30.3 Å². The van der Waals surface area contributed by atoms with Crippen molar-refractivity contribution in [3.63, 3.8) is 0 Å². The molecular weight excluding hydrogens is 282 g/mol. The second kappa shape index (κ2) is 5.33. The summed E-state index contributed by atoms with van der Waals surface area (Å²) >= 11 is 0. The summed E-state index contributed by atoms with van der Waals surface area (Å²) in [6, 6.07) is 10.1. The number of morpholine rings is 1. The Morgan fingerprint density at radius 2 is 1.95 bits per heavy atom. The molecule has 2 bridgehead atoms. The first-order chi connectivity index (χ1) is 10.7. The Labute approximate surface area is 129 Å². The number of aliphatic hydroxyl groups excluding tert-OH is 1. The van der Waals surface area contributed by atoms with E-state index in [9.17, 15) is 9.90 Å². The van der Waals surface area contributed by atoms with E-state index in [1.54, 1.807) is 0 Å². The summed E-state index contributed by atoms with van der Waals surface area (Å²) in [6.07, 6.45) is 2.26. The molecular formula is C17H21NO4. The van der Waals surface area contributed by atoms with Gasteiger partial charge in [-0.2, -0.15) is 0 Å². The van der Waals surface area contributed by atoms with E-state index in [4.69, 9.17) is 9.47 Å². The lowest BCUT2D eigenvalue weighted by atomic mass is 9.97. The largest absolute Gasteiger partial charge is 0.462 e. The molecule has 22 heavy (non-hydrogen) atoms. The summed E-state index contributed by atoms with van der Waals surface area (Å²) in [5, 5.41) is 9.56. The molecule has 0 spiro atoms. The van der Waals surface area contributed by atoms with Crippen LogP contribution in [-0.4, -0.2) is 60.0 Å². The highest BCUT2D eigenvalue weighted by Crippen LogP contribution is 2.48. The minimum atomic E-state index is -0.593. The van der Waals surface area contributed by atoms with Gasteiger partial charge in [-0.3, -0.25) is 9.69 Å². The highest BCUT2D eigenvalue weighted by Gasteiger charge is 2.62. The maximum Gasteiger partial charge on any atom is 0.316 e. The van der Waals surface area contributed by atoms with Crippen LogP contribution in [0.5, 0.6) is 0 Å². The Morgan fingerprint density at radius 1 is 1.32 bits per heavy atom. The Morgan fingerprint density at radius 3 is 2.55 bits per heavy atom. The lowest BCUT2D eigenvalue weighted by Gasteiger charge is -2.38.